The van der Waals surface area contributed by atoms with Gasteiger partial charge in [0.05, 0.1) is 11.6 Å². The van der Waals surface area contributed by atoms with Gasteiger partial charge in [0.25, 0.3) is 0 Å². The summed E-state index contributed by atoms with van der Waals surface area (Å²) in [5.41, 5.74) is 1.58. The fraction of sp³-hybridized carbons (Fsp3) is 0.760. The number of rotatable bonds is 7. The first-order valence-corrected chi connectivity index (χ1v) is 12.1. The number of unbranched alkanes of at least 4 members (excludes halogenated alkanes) is 1. The molecular weight excluding hydrogens is 371 g/mol. The first kappa shape index (κ1) is 20.7. The van der Waals surface area contributed by atoms with E-state index in [1.807, 2.05) is 12.1 Å². The summed E-state index contributed by atoms with van der Waals surface area (Å²) in [6.07, 6.45) is 16.2. The second kappa shape index (κ2) is 9.47. The molecule has 0 spiro atoms. The number of hydrogen-bond donors (Lipinski definition) is 0. The van der Waals surface area contributed by atoms with Crippen molar-refractivity contribution in [2.45, 2.75) is 90.1 Å². The van der Waals surface area contributed by atoms with Crippen LogP contribution < -0.4 is 0 Å². The summed E-state index contributed by atoms with van der Waals surface area (Å²) in [5.74, 6) is 3.66. The lowest BCUT2D eigenvalue weighted by Gasteiger charge is -2.37. The lowest BCUT2D eigenvalue weighted by atomic mass is 9.69. The monoisotopic (exact) mass is 406 g/mol. The maximum absolute atomic E-state index is 14.4. The Bertz CT molecular complexity index is 640. The summed E-state index contributed by atoms with van der Waals surface area (Å²) in [7, 11) is 0. The van der Waals surface area contributed by atoms with Gasteiger partial charge in [-0.1, -0.05) is 69.2 Å². The zero-order valence-electron chi connectivity index (χ0n) is 17.4. The summed E-state index contributed by atoms with van der Waals surface area (Å²) >= 11 is 6.27. The number of benzene rings is 1. The van der Waals surface area contributed by atoms with Crippen LogP contribution in [0.4, 0.5) is 4.39 Å². The molecule has 3 fully saturated rings. The van der Waals surface area contributed by atoms with E-state index in [2.05, 4.69) is 6.92 Å². The average Bonchev–Trinajstić information content (AvgIpc) is 3.55. The van der Waals surface area contributed by atoms with Gasteiger partial charge in [-0.3, -0.25) is 0 Å². The van der Waals surface area contributed by atoms with E-state index >= 15 is 0 Å². The van der Waals surface area contributed by atoms with Crippen molar-refractivity contribution in [2.75, 3.05) is 6.61 Å². The standard InChI is InChI=1S/C25H36ClFO/c1-17-6-10-19(11-7-17)20-12-8-18(9-13-20)4-2-3-5-21-14-15-22(23-16-28-23)25(27)24(21)26/h14-15,17-20,23H,2-13,16H2,1H3. The van der Waals surface area contributed by atoms with Crippen molar-refractivity contribution in [3.8, 4) is 0 Å². The largest absolute Gasteiger partial charge is 0.368 e. The van der Waals surface area contributed by atoms with Crippen LogP contribution in [0.2, 0.25) is 5.02 Å². The highest BCUT2D eigenvalue weighted by Gasteiger charge is 2.30. The lowest BCUT2D eigenvalue weighted by Crippen LogP contribution is -2.25. The van der Waals surface area contributed by atoms with Gasteiger partial charge in [-0.2, -0.15) is 0 Å². The van der Waals surface area contributed by atoms with E-state index in [1.165, 1.54) is 64.2 Å². The van der Waals surface area contributed by atoms with Crippen LogP contribution >= 0.6 is 11.6 Å². The Labute approximate surface area is 175 Å². The van der Waals surface area contributed by atoms with E-state index in [1.54, 1.807) is 0 Å². The molecule has 0 bridgehead atoms. The number of hydrogen-bond acceptors (Lipinski definition) is 1. The fourth-order valence-corrected chi connectivity index (χ4v) is 5.99. The normalized spacial score (nSPS) is 33.0. The third-order valence-corrected chi connectivity index (χ3v) is 8.21. The Kier molecular flexibility index (Phi) is 6.99. The van der Waals surface area contributed by atoms with E-state index in [9.17, 15) is 4.39 Å². The molecule has 1 aromatic carbocycles. The molecular formula is C25H36ClFO. The minimum atomic E-state index is -0.267. The second-order valence-electron chi connectivity index (χ2n) is 9.81. The van der Waals surface area contributed by atoms with Crippen molar-refractivity contribution < 1.29 is 9.13 Å². The Morgan fingerprint density at radius 1 is 0.964 bits per heavy atom. The molecule has 1 heterocycles. The van der Waals surface area contributed by atoms with Gasteiger partial charge in [-0.15, -0.1) is 0 Å². The Hall–Kier alpha value is -0.600. The smallest absolute Gasteiger partial charge is 0.147 e. The molecule has 3 aliphatic rings. The van der Waals surface area contributed by atoms with Gasteiger partial charge in [-0.05, 0) is 67.8 Å². The van der Waals surface area contributed by atoms with Crippen LogP contribution in [0.1, 0.15) is 94.8 Å². The molecule has 1 aromatic rings. The summed E-state index contributed by atoms with van der Waals surface area (Å²) in [4.78, 5) is 0. The van der Waals surface area contributed by atoms with Crippen molar-refractivity contribution in [1.29, 1.82) is 0 Å². The molecule has 2 aliphatic carbocycles. The second-order valence-corrected chi connectivity index (χ2v) is 10.2. The van der Waals surface area contributed by atoms with E-state index in [-0.39, 0.29) is 11.9 Å². The average molecular weight is 407 g/mol. The Balaban J connectivity index is 1.15. The molecule has 3 heteroatoms. The highest BCUT2D eigenvalue weighted by atomic mass is 35.5. The molecule has 28 heavy (non-hydrogen) atoms. The van der Waals surface area contributed by atoms with Crippen molar-refractivity contribution in [3.05, 3.63) is 34.1 Å². The molecule has 1 nitrogen and oxygen atoms in total. The molecule has 4 rings (SSSR count). The number of ether oxygens (including phenoxy) is 1. The van der Waals surface area contributed by atoms with Crippen LogP contribution in [0.3, 0.4) is 0 Å². The van der Waals surface area contributed by atoms with E-state index in [4.69, 9.17) is 16.3 Å². The number of halogens is 2. The summed E-state index contributed by atoms with van der Waals surface area (Å²) in [6.45, 7) is 3.04. The SMILES string of the molecule is CC1CCC(C2CCC(CCCCc3ccc(C4CO4)c(F)c3Cl)CC2)CC1. The van der Waals surface area contributed by atoms with Crippen LogP contribution in [-0.4, -0.2) is 6.61 Å². The summed E-state index contributed by atoms with van der Waals surface area (Å²) in [6, 6.07) is 3.86. The van der Waals surface area contributed by atoms with E-state index in [0.29, 0.717) is 17.2 Å². The van der Waals surface area contributed by atoms with Crippen LogP contribution in [-0.2, 0) is 11.2 Å². The molecule has 0 amide bonds. The van der Waals surface area contributed by atoms with Gasteiger partial charge in [0.15, 0.2) is 0 Å². The summed E-state index contributed by atoms with van der Waals surface area (Å²) < 4.78 is 19.5. The molecule has 0 aromatic heterocycles. The van der Waals surface area contributed by atoms with Crippen LogP contribution in [0.15, 0.2) is 12.1 Å². The molecule has 156 valence electrons. The minimum Gasteiger partial charge on any atom is -0.368 e. The maximum atomic E-state index is 14.4. The van der Waals surface area contributed by atoms with Gasteiger partial charge in [0.2, 0.25) is 0 Å². The maximum Gasteiger partial charge on any atom is 0.147 e. The third-order valence-electron chi connectivity index (χ3n) is 7.80. The topological polar surface area (TPSA) is 12.5 Å². The van der Waals surface area contributed by atoms with Gasteiger partial charge in [0, 0.05) is 5.56 Å². The summed E-state index contributed by atoms with van der Waals surface area (Å²) in [5, 5.41) is 0.315. The van der Waals surface area contributed by atoms with Crippen molar-refractivity contribution in [2.24, 2.45) is 23.7 Å². The predicted molar refractivity (Wildman–Crippen MR) is 114 cm³/mol. The van der Waals surface area contributed by atoms with Crippen LogP contribution in [0, 0.1) is 29.5 Å². The molecule has 0 N–H and O–H groups in total. The highest BCUT2D eigenvalue weighted by molar-refractivity contribution is 6.31. The van der Waals surface area contributed by atoms with Gasteiger partial charge < -0.3 is 4.74 Å². The van der Waals surface area contributed by atoms with Crippen molar-refractivity contribution in [3.63, 3.8) is 0 Å². The molecule has 1 atom stereocenters. The number of epoxide rings is 1. The zero-order valence-corrected chi connectivity index (χ0v) is 18.2. The Morgan fingerprint density at radius 3 is 2.25 bits per heavy atom. The molecule has 1 unspecified atom stereocenters. The molecule has 1 saturated heterocycles. The minimum absolute atomic E-state index is 0.0707. The first-order chi connectivity index (χ1) is 13.6. The van der Waals surface area contributed by atoms with Gasteiger partial charge >= 0.3 is 0 Å². The van der Waals surface area contributed by atoms with Crippen LogP contribution in [0.5, 0.6) is 0 Å². The Morgan fingerprint density at radius 2 is 1.61 bits per heavy atom. The quantitative estimate of drug-likeness (QED) is 0.331. The highest BCUT2D eigenvalue weighted by Crippen LogP contribution is 2.42. The fourth-order valence-electron chi connectivity index (χ4n) is 5.73. The molecule has 1 aliphatic heterocycles. The van der Waals surface area contributed by atoms with E-state index < -0.39 is 0 Å². The first-order valence-electron chi connectivity index (χ1n) is 11.7. The van der Waals surface area contributed by atoms with Crippen molar-refractivity contribution >= 4 is 11.6 Å². The van der Waals surface area contributed by atoms with Crippen LogP contribution in [0.25, 0.3) is 0 Å². The lowest BCUT2D eigenvalue weighted by molar-refractivity contribution is 0.146. The molecule has 0 radical (unpaired) electrons. The van der Waals surface area contributed by atoms with Gasteiger partial charge in [0.1, 0.15) is 11.9 Å². The zero-order chi connectivity index (χ0) is 19.5. The van der Waals surface area contributed by atoms with Crippen molar-refractivity contribution in [1.82, 2.24) is 0 Å². The predicted octanol–water partition coefficient (Wildman–Crippen LogP) is 7.90. The number of aryl methyl sites for hydroxylation is 1. The third kappa shape index (κ3) is 5.11. The van der Waals surface area contributed by atoms with E-state index in [0.717, 1.165) is 42.1 Å². The van der Waals surface area contributed by atoms with Gasteiger partial charge in [-0.25, -0.2) is 4.39 Å². The molecule has 2 saturated carbocycles.